The van der Waals surface area contributed by atoms with Crippen LogP contribution < -0.4 is 4.90 Å². The molecule has 1 aliphatic heterocycles. The summed E-state index contributed by atoms with van der Waals surface area (Å²) in [6.07, 6.45) is 0.874. The number of benzene rings is 1. The smallest absolute Gasteiger partial charge is 0.272 e. The molecule has 29 heavy (non-hydrogen) atoms. The van der Waals surface area contributed by atoms with Crippen molar-refractivity contribution >= 4 is 55.5 Å². The summed E-state index contributed by atoms with van der Waals surface area (Å²) in [7, 11) is 0. The van der Waals surface area contributed by atoms with Gasteiger partial charge in [0.05, 0.1) is 34.1 Å². The van der Waals surface area contributed by atoms with E-state index < -0.39 is 0 Å². The number of carbonyl (C=O) groups is 1. The van der Waals surface area contributed by atoms with Crippen molar-refractivity contribution in [3.8, 4) is 0 Å². The number of amides is 1. The molecule has 0 unspecified atom stereocenters. The van der Waals surface area contributed by atoms with Crippen LogP contribution in [0.5, 0.6) is 0 Å². The first-order valence-electron chi connectivity index (χ1n) is 9.63. The fourth-order valence-corrected chi connectivity index (χ4v) is 5.55. The lowest BCUT2D eigenvalue weighted by atomic mass is 10.3. The van der Waals surface area contributed by atoms with Crippen molar-refractivity contribution in [2.75, 3.05) is 44.3 Å². The molecule has 3 heterocycles. The Morgan fingerprint density at radius 3 is 2.76 bits per heavy atom. The quantitative estimate of drug-likeness (QED) is 0.557. The van der Waals surface area contributed by atoms with E-state index in [1.165, 1.54) is 22.7 Å². The van der Waals surface area contributed by atoms with Gasteiger partial charge in [-0.2, -0.15) is 0 Å². The van der Waals surface area contributed by atoms with Gasteiger partial charge in [-0.1, -0.05) is 22.9 Å². The maximum atomic E-state index is 13.4. The molecule has 6 nitrogen and oxygen atoms in total. The van der Waals surface area contributed by atoms with Gasteiger partial charge in [0.1, 0.15) is 4.88 Å². The highest BCUT2D eigenvalue weighted by atomic mass is 35.5. The van der Waals surface area contributed by atoms with E-state index in [0.717, 1.165) is 60.2 Å². The molecule has 1 amide bonds. The fraction of sp³-hybridized carbons (Fsp3) is 0.450. The predicted molar refractivity (Wildman–Crippen MR) is 120 cm³/mol. The maximum Gasteiger partial charge on any atom is 0.272 e. The third-order valence-electron chi connectivity index (χ3n) is 4.87. The monoisotopic (exact) mass is 450 g/mol. The molecule has 9 heteroatoms. The molecule has 0 N–H and O–H groups in total. The van der Waals surface area contributed by atoms with Crippen LogP contribution in [0.15, 0.2) is 18.2 Å². The summed E-state index contributed by atoms with van der Waals surface area (Å²) in [5.41, 5.74) is 1.64. The number of ether oxygens (including phenoxy) is 1. The number of morpholine rings is 1. The van der Waals surface area contributed by atoms with Gasteiger partial charge in [0.15, 0.2) is 5.13 Å². The largest absolute Gasteiger partial charge is 0.379 e. The van der Waals surface area contributed by atoms with Crippen molar-refractivity contribution in [2.45, 2.75) is 20.3 Å². The second-order valence-corrected chi connectivity index (χ2v) is 9.67. The van der Waals surface area contributed by atoms with Gasteiger partial charge in [0.2, 0.25) is 0 Å². The molecule has 1 aromatic carbocycles. The lowest BCUT2D eigenvalue weighted by molar-refractivity contribution is 0.0376. The number of hydrogen-bond donors (Lipinski definition) is 0. The minimum atomic E-state index is -0.0276. The van der Waals surface area contributed by atoms with Gasteiger partial charge >= 0.3 is 0 Å². The molecule has 4 rings (SSSR count). The Hall–Kier alpha value is -1.58. The zero-order chi connectivity index (χ0) is 20.4. The number of aromatic nitrogens is 2. The third kappa shape index (κ3) is 4.78. The van der Waals surface area contributed by atoms with E-state index in [1.54, 1.807) is 4.90 Å². The van der Waals surface area contributed by atoms with Gasteiger partial charge in [-0.25, -0.2) is 9.97 Å². The molecule has 1 fully saturated rings. The lowest BCUT2D eigenvalue weighted by Crippen LogP contribution is -2.39. The number of thiazole rings is 2. The van der Waals surface area contributed by atoms with Crippen molar-refractivity contribution < 1.29 is 9.53 Å². The number of nitrogens with zero attached hydrogens (tertiary/aromatic N) is 4. The van der Waals surface area contributed by atoms with Crippen molar-refractivity contribution in [1.29, 1.82) is 0 Å². The van der Waals surface area contributed by atoms with Crippen LogP contribution in [0.2, 0.25) is 5.02 Å². The molecule has 0 spiro atoms. The second-order valence-electron chi connectivity index (χ2n) is 7.02. The molecule has 1 saturated heterocycles. The summed E-state index contributed by atoms with van der Waals surface area (Å²) in [6, 6.07) is 5.63. The maximum absolute atomic E-state index is 13.4. The molecular formula is C20H23ClN4O2S2. The van der Waals surface area contributed by atoms with Crippen LogP contribution in [0.25, 0.3) is 10.2 Å². The van der Waals surface area contributed by atoms with Crippen molar-refractivity contribution in [3.63, 3.8) is 0 Å². The van der Waals surface area contributed by atoms with E-state index in [1.807, 2.05) is 32.0 Å². The first-order valence-corrected chi connectivity index (χ1v) is 11.6. The first-order chi connectivity index (χ1) is 14.0. The first kappa shape index (κ1) is 20.7. The number of anilines is 1. The van der Waals surface area contributed by atoms with Gasteiger partial charge in [0.25, 0.3) is 5.91 Å². The Morgan fingerprint density at radius 2 is 2.03 bits per heavy atom. The van der Waals surface area contributed by atoms with Crippen LogP contribution in [0, 0.1) is 13.8 Å². The zero-order valence-electron chi connectivity index (χ0n) is 16.5. The summed E-state index contributed by atoms with van der Waals surface area (Å²) in [4.78, 5) is 27.4. The number of rotatable bonds is 6. The Bertz CT molecular complexity index is 1010. The van der Waals surface area contributed by atoms with E-state index in [2.05, 4.69) is 9.88 Å². The van der Waals surface area contributed by atoms with E-state index in [4.69, 9.17) is 21.3 Å². The van der Waals surface area contributed by atoms with E-state index in [9.17, 15) is 4.79 Å². The van der Waals surface area contributed by atoms with Gasteiger partial charge in [0, 0.05) is 31.2 Å². The third-order valence-corrected chi connectivity index (χ3v) is 7.21. The molecule has 154 valence electrons. The van der Waals surface area contributed by atoms with E-state index in [-0.39, 0.29) is 5.91 Å². The van der Waals surface area contributed by atoms with Crippen molar-refractivity contribution in [2.24, 2.45) is 0 Å². The number of halogens is 1. The average molecular weight is 451 g/mol. The van der Waals surface area contributed by atoms with Crippen molar-refractivity contribution in [1.82, 2.24) is 14.9 Å². The van der Waals surface area contributed by atoms with E-state index >= 15 is 0 Å². The average Bonchev–Trinajstić information content (AvgIpc) is 3.27. The second kappa shape index (κ2) is 9.06. The van der Waals surface area contributed by atoms with Crippen LogP contribution in [-0.2, 0) is 4.74 Å². The van der Waals surface area contributed by atoms with Crippen LogP contribution in [0.4, 0.5) is 5.13 Å². The summed E-state index contributed by atoms with van der Waals surface area (Å²) in [5, 5.41) is 2.28. The lowest BCUT2D eigenvalue weighted by Gasteiger charge is -2.27. The van der Waals surface area contributed by atoms with Crippen LogP contribution in [0.1, 0.15) is 26.8 Å². The highest BCUT2D eigenvalue weighted by Crippen LogP contribution is 2.32. The molecule has 0 radical (unpaired) electrons. The predicted octanol–water partition coefficient (Wildman–Crippen LogP) is 4.39. The molecular weight excluding hydrogens is 428 g/mol. The van der Waals surface area contributed by atoms with Crippen LogP contribution in [-0.4, -0.2) is 60.2 Å². The fourth-order valence-electron chi connectivity index (χ4n) is 3.42. The van der Waals surface area contributed by atoms with Gasteiger partial charge in [-0.3, -0.25) is 14.6 Å². The number of fused-ring (bicyclic) bond motifs is 1. The molecule has 2 aromatic heterocycles. The highest BCUT2D eigenvalue weighted by molar-refractivity contribution is 7.22. The normalized spacial score (nSPS) is 15.1. The summed E-state index contributed by atoms with van der Waals surface area (Å²) < 4.78 is 6.40. The zero-order valence-corrected chi connectivity index (χ0v) is 18.9. The summed E-state index contributed by atoms with van der Waals surface area (Å²) in [6.45, 7) is 8.81. The Labute approximate surface area is 183 Å². The van der Waals surface area contributed by atoms with Gasteiger partial charge in [-0.15, -0.1) is 11.3 Å². The number of carbonyl (C=O) groups excluding carboxylic acids is 1. The van der Waals surface area contributed by atoms with Crippen LogP contribution in [0.3, 0.4) is 0 Å². The topological polar surface area (TPSA) is 58.6 Å². The Morgan fingerprint density at radius 1 is 1.24 bits per heavy atom. The van der Waals surface area contributed by atoms with Crippen molar-refractivity contribution in [3.05, 3.63) is 38.8 Å². The Kier molecular flexibility index (Phi) is 6.46. The van der Waals surface area contributed by atoms with Crippen LogP contribution >= 0.6 is 34.3 Å². The SMILES string of the molecule is Cc1nc(C)c(C(=O)N(CCCN2CCOCC2)c2nc3ccc(Cl)cc3s2)s1. The highest BCUT2D eigenvalue weighted by Gasteiger charge is 2.25. The van der Waals surface area contributed by atoms with Gasteiger partial charge < -0.3 is 4.74 Å². The molecule has 0 saturated carbocycles. The minimum absolute atomic E-state index is 0.0276. The standard InChI is InChI=1S/C20H23ClN4O2S2/c1-13-18(28-14(2)22-13)19(26)25(7-3-6-24-8-10-27-11-9-24)20-23-16-5-4-15(21)12-17(16)29-20/h4-5,12H,3,6-11H2,1-2H3. The molecule has 0 bridgehead atoms. The summed E-state index contributed by atoms with van der Waals surface area (Å²) >= 11 is 9.08. The molecule has 0 atom stereocenters. The van der Waals surface area contributed by atoms with E-state index in [0.29, 0.717) is 21.6 Å². The van der Waals surface area contributed by atoms with Gasteiger partial charge in [-0.05, 0) is 38.5 Å². The minimum Gasteiger partial charge on any atom is -0.379 e. The number of hydrogen-bond acceptors (Lipinski definition) is 7. The molecule has 0 aliphatic carbocycles. The summed E-state index contributed by atoms with van der Waals surface area (Å²) in [5.74, 6) is -0.0276. The molecule has 1 aliphatic rings. The molecule has 3 aromatic rings. The Balaban J connectivity index is 1.58. The number of aryl methyl sites for hydroxylation is 2.